The van der Waals surface area contributed by atoms with Crippen LogP contribution < -0.4 is 4.74 Å². The standard InChI is InChI=1S/C26H37N3O5/c1-26(2,3)34-25(32)29-13-11-22(29)24(31)28-16-14-27(15-17-28)12-4-18-33-21-9-7-20(8-10-21)23(30)19-5-6-19/h7-10,19,22H,4-6,11-18H2,1-3H3/t22-/m1/s1. The fraction of sp³-hybridized carbons (Fsp3) is 0.654. The second-order valence-corrected chi connectivity index (χ2v) is 10.5. The molecule has 1 atom stereocenters. The molecule has 4 rings (SSSR count). The second kappa shape index (κ2) is 10.3. The summed E-state index contributed by atoms with van der Waals surface area (Å²) in [6.45, 7) is 10.6. The number of amides is 2. The van der Waals surface area contributed by atoms with Crippen molar-refractivity contribution in [3.05, 3.63) is 29.8 Å². The van der Waals surface area contributed by atoms with Crippen molar-refractivity contribution < 1.29 is 23.9 Å². The number of carbonyl (C=O) groups excluding carboxylic acids is 3. The number of likely N-dealkylation sites (tertiary alicyclic amines) is 1. The van der Waals surface area contributed by atoms with E-state index in [0.29, 0.717) is 32.7 Å². The van der Waals surface area contributed by atoms with Crippen molar-refractivity contribution >= 4 is 17.8 Å². The van der Waals surface area contributed by atoms with Gasteiger partial charge in [0.05, 0.1) is 6.61 Å². The van der Waals surface area contributed by atoms with Gasteiger partial charge in [-0.05, 0) is 70.7 Å². The summed E-state index contributed by atoms with van der Waals surface area (Å²) in [5.74, 6) is 1.31. The number of hydrogen-bond donors (Lipinski definition) is 0. The van der Waals surface area contributed by atoms with E-state index in [0.717, 1.165) is 50.2 Å². The number of benzene rings is 1. The molecule has 3 aliphatic rings. The highest BCUT2D eigenvalue weighted by Gasteiger charge is 2.42. The summed E-state index contributed by atoms with van der Waals surface area (Å²) in [4.78, 5) is 43.1. The topological polar surface area (TPSA) is 79.4 Å². The van der Waals surface area contributed by atoms with E-state index in [1.807, 2.05) is 49.9 Å². The molecule has 1 aromatic rings. The lowest BCUT2D eigenvalue weighted by Crippen LogP contribution is -2.62. The molecule has 8 nitrogen and oxygen atoms in total. The van der Waals surface area contributed by atoms with Crippen LogP contribution in [0.25, 0.3) is 0 Å². The molecule has 34 heavy (non-hydrogen) atoms. The quantitative estimate of drug-likeness (QED) is 0.428. The minimum atomic E-state index is -0.561. The first-order chi connectivity index (χ1) is 16.2. The van der Waals surface area contributed by atoms with E-state index in [9.17, 15) is 14.4 Å². The average Bonchev–Trinajstić information content (AvgIpc) is 3.60. The predicted molar refractivity (Wildman–Crippen MR) is 128 cm³/mol. The highest BCUT2D eigenvalue weighted by atomic mass is 16.6. The predicted octanol–water partition coefficient (Wildman–Crippen LogP) is 3.20. The van der Waals surface area contributed by atoms with Crippen LogP contribution in [-0.2, 0) is 9.53 Å². The van der Waals surface area contributed by atoms with Crippen LogP contribution >= 0.6 is 0 Å². The molecule has 2 amide bonds. The average molecular weight is 472 g/mol. The molecule has 2 aliphatic heterocycles. The van der Waals surface area contributed by atoms with E-state index >= 15 is 0 Å². The van der Waals surface area contributed by atoms with Crippen molar-refractivity contribution in [2.75, 3.05) is 45.9 Å². The zero-order chi connectivity index (χ0) is 24.3. The maximum Gasteiger partial charge on any atom is 0.410 e. The molecule has 0 radical (unpaired) electrons. The Bertz CT molecular complexity index is 883. The smallest absolute Gasteiger partial charge is 0.410 e. The molecule has 2 saturated heterocycles. The molecule has 0 bridgehead atoms. The van der Waals surface area contributed by atoms with Crippen molar-refractivity contribution in [2.45, 2.75) is 58.1 Å². The van der Waals surface area contributed by atoms with Crippen LogP contribution in [0.5, 0.6) is 5.75 Å². The van der Waals surface area contributed by atoms with Crippen LogP contribution in [0, 0.1) is 5.92 Å². The van der Waals surface area contributed by atoms with E-state index in [4.69, 9.17) is 9.47 Å². The maximum absolute atomic E-state index is 12.9. The van der Waals surface area contributed by atoms with Gasteiger partial charge in [0.2, 0.25) is 5.91 Å². The number of hydrogen-bond acceptors (Lipinski definition) is 6. The summed E-state index contributed by atoms with van der Waals surface area (Å²) in [7, 11) is 0. The van der Waals surface area contributed by atoms with Gasteiger partial charge in [0.25, 0.3) is 0 Å². The minimum absolute atomic E-state index is 0.0312. The molecular formula is C26H37N3O5. The number of carbonyl (C=O) groups is 3. The van der Waals surface area contributed by atoms with Gasteiger partial charge < -0.3 is 14.4 Å². The lowest BCUT2D eigenvalue weighted by molar-refractivity contribution is -0.143. The molecule has 186 valence electrons. The van der Waals surface area contributed by atoms with Crippen LogP contribution in [0.1, 0.15) is 56.8 Å². The summed E-state index contributed by atoms with van der Waals surface area (Å²) in [5.41, 5.74) is 0.215. The van der Waals surface area contributed by atoms with Crippen molar-refractivity contribution in [3.8, 4) is 5.75 Å². The molecule has 0 aromatic heterocycles. The van der Waals surface area contributed by atoms with E-state index in [1.165, 1.54) is 0 Å². The Morgan fingerprint density at radius 2 is 1.62 bits per heavy atom. The molecule has 8 heteroatoms. The van der Waals surface area contributed by atoms with Crippen LogP contribution in [0.4, 0.5) is 4.79 Å². The van der Waals surface area contributed by atoms with Gasteiger partial charge in [-0.25, -0.2) is 4.79 Å². The molecule has 2 heterocycles. The van der Waals surface area contributed by atoms with E-state index in [-0.39, 0.29) is 23.7 Å². The minimum Gasteiger partial charge on any atom is -0.494 e. The fourth-order valence-electron chi connectivity index (χ4n) is 4.36. The number of rotatable bonds is 8. The molecule has 0 spiro atoms. The van der Waals surface area contributed by atoms with Gasteiger partial charge in [0.15, 0.2) is 5.78 Å². The largest absolute Gasteiger partial charge is 0.494 e. The highest BCUT2D eigenvalue weighted by Crippen LogP contribution is 2.33. The van der Waals surface area contributed by atoms with Gasteiger partial charge in [0.1, 0.15) is 17.4 Å². The van der Waals surface area contributed by atoms with Gasteiger partial charge in [-0.1, -0.05) is 0 Å². The Balaban J connectivity index is 1.12. The van der Waals surface area contributed by atoms with Crippen LogP contribution in [0.15, 0.2) is 24.3 Å². The molecule has 1 saturated carbocycles. The van der Waals surface area contributed by atoms with Crippen LogP contribution in [0.3, 0.4) is 0 Å². The van der Waals surface area contributed by atoms with E-state index < -0.39 is 11.7 Å². The number of Topliss-reactive ketones (excluding diaryl/α,β-unsaturated/α-hetero) is 1. The summed E-state index contributed by atoms with van der Waals surface area (Å²) >= 11 is 0. The molecule has 1 aliphatic carbocycles. The monoisotopic (exact) mass is 471 g/mol. The lowest BCUT2D eigenvalue weighted by Gasteiger charge is -2.44. The van der Waals surface area contributed by atoms with Gasteiger partial charge in [-0.3, -0.25) is 19.4 Å². The number of nitrogens with zero attached hydrogens (tertiary/aromatic N) is 3. The second-order valence-electron chi connectivity index (χ2n) is 10.5. The maximum atomic E-state index is 12.9. The van der Waals surface area contributed by atoms with Crippen molar-refractivity contribution in [3.63, 3.8) is 0 Å². The Kier molecular flexibility index (Phi) is 7.45. The third-order valence-electron chi connectivity index (χ3n) is 6.59. The molecule has 0 unspecified atom stereocenters. The van der Waals surface area contributed by atoms with Gasteiger partial charge in [-0.15, -0.1) is 0 Å². The van der Waals surface area contributed by atoms with Crippen molar-refractivity contribution in [2.24, 2.45) is 5.92 Å². The Morgan fingerprint density at radius 1 is 0.941 bits per heavy atom. The summed E-state index contributed by atoms with van der Waals surface area (Å²) in [6.07, 6.45) is 3.23. The van der Waals surface area contributed by atoms with E-state index in [2.05, 4.69) is 4.90 Å². The summed E-state index contributed by atoms with van der Waals surface area (Å²) in [6, 6.07) is 7.08. The van der Waals surface area contributed by atoms with Gasteiger partial charge in [0, 0.05) is 50.7 Å². The molecular weight excluding hydrogens is 434 g/mol. The van der Waals surface area contributed by atoms with Crippen molar-refractivity contribution in [1.29, 1.82) is 0 Å². The van der Waals surface area contributed by atoms with Gasteiger partial charge in [-0.2, -0.15) is 0 Å². The number of ether oxygens (including phenoxy) is 2. The van der Waals surface area contributed by atoms with Crippen molar-refractivity contribution in [1.82, 2.24) is 14.7 Å². The molecule has 1 aromatic carbocycles. The first-order valence-electron chi connectivity index (χ1n) is 12.5. The first-order valence-corrected chi connectivity index (χ1v) is 12.5. The van der Waals surface area contributed by atoms with E-state index in [1.54, 1.807) is 4.90 Å². The highest BCUT2D eigenvalue weighted by molar-refractivity contribution is 5.99. The number of ketones is 1. The lowest BCUT2D eigenvalue weighted by atomic mass is 10.0. The first kappa shape index (κ1) is 24.5. The summed E-state index contributed by atoms with van der Waals surface area (Å²) < 4.78 is 11.3. The third kappa shape index (κ3) is 6.29. The Morgan fingerprint density at radius 3 is 2.18 bits per heavy atom. The Labute approximate surface area is 202 Å². The summed E-state index contributed by atoms with van der Waals surface area (Å²) in [5, 5.41) is 0. The normalized spacial score (nSPS) is 21.1. The van der Waals surface area contributed by atoms with Crippen LogP contribution in [0.2, 0.25) is 0 Å². The van der Waals surface area contributed by atoms with Gasteiger partial charge >= 0.3 is 6.09 Å². The zero-order valence-electron chi connectivity index (χ0n) is 20.6. The molecule has 3 fully saturated rings. The molecule has 0 N–H and O–H groups in total. The number of piperazine rings is 1. The zero-order valence-corrected chi connectivity index (χ0v) is 20.6. The Hall–Kier alpha value is -2.61. The fourth-order valence-corrected chi connectivity index (χ4v) is 4.36. The van der Waals surface area contributed by atoms with Crippen LogP contribution in [-0.4, -0.2) is 90.0 Å². The SMILES string of the molecule is CC(C)(C)OC(=O)N1CC[C@@H]1C(=O)N1CCN(CCCOc2ccc(C(=O)C3CC3)cc2)CC1. The third-order valence-corrected chi connectivity index (χ3v) is 6.59.